The molecule has 7 heteroatoms. The molecular weight excluding hydrogens is 384 g/mol. The number of likely N-dealkylation sites (tertiary alicyclic amines) is 1. The van der Waals surface area contributed by atoms with Crippen molar-refractivity contribution in [1.82, 2.24) is 10.2 Å². The molecule has 0 spiro atoms. The van der Waals surface area contributed by atoms with Crippen LogP contribution in [0.15, 0.2) is 12.7 Å². The Balaban J connectivity index is 3.21. The minimum absolute atomic E-state index is 0.0681. The molecule has 0 aromatic carbocycles. The molecule has 1 heterocycles. The van der Waals surface area contributed by atoms with Crippen molar-refractivity contribution in [2.24, 2.45) is 11.8 Å². The second-order valence-corrected chi connectivity index (χ2v) is 10.1. The highest BCUT2D eigenvalue weighted by molar-refractivity contribution is 5.83. The summed E-state index contributed by atoms with van der Waals surface area (Å²) < 4.78 is 11.2. The van der Waals surface area contributed by atoms with Gasteiger partial charge in [-0.05, 0) is 66.2 Å². The van der Waals surface area contributed by atoms with Crippen molar-refractivity contribution in [3.63, 3.8) is 0 Å². The number of esters is 1. The van der Waals surface area contributed by atoms with E-state index in [0.717, 1.165) is 6.42 Å². The Morgan fingerprint density at radius 3 is 2.13 bits per heavy atom. The van der Waals surface area contributed by atoms with E-state index in [1.807, 2.05) is 6.92 Å². The van der Waals surface area contributed by atoms with E-state index >= 15 is 0 Å². The zero-order chi connectivity index (χ0) is 23.3. The third kappa shape index (κ3) is 8.00. The molecule has 4 atom stereocenters. The molecule has 0 aromatic heterocycles. The lowest BCUT2D eigenvalue weighted by Crippen LogP contribution is -2.50. The van der Waals surface area contributed by atoms with E-state index in [1.165, 1.54) is 6.92 Å². The molecule has 1 unspecified atom stereocenters. The van der Waals surface area contributed by atoms with Crippen LogP contribution >= 0.6 is 0 Å². The molecule has 2 amide bonds. The van der Waals surface area contributed by atoms with Crippen LogP contribution in [0.5, 0.6) is 0 Å². The van der Waals surface area contributed by atoms with Crippen molar-refractivity contribution in [3.05, 3.63) is 12.7 Å². The molecule has 1 saturated heterocycles. The number of nitrogens with zero attached hydrogens (tertiary/aromatic N) is 1. The maximum Gasteiger partial charge on any atom is 0.411 e. The summed E-state index contributed by atoms with van der Waals surface area (Å²) in [5.74, 6) is -0.432. The van der Waals surface area contributed by atoms with Crippen molar-refractivity contribution in [2.45, 2.75) is 97.9 Å². The highest BCUT2D eigenvalue weighted by Gasteiger charge is 2.49. The molecule has 0 radical (unpaired) electrons. The van der Waals surface area contributed by atoms with Crippen molar-refractivity contribution >= 4 is 18.0 Å². The van der Waals surface area contributed by atoms with Crippen molar-refractivity contribution in [3.8, 4) is 0 Å². The molecule has 1 fully saturated rings. The van der Waals surface area contributed by atoms with Crippen LogP contribution in [0.4, 0.5) is 4.79 Å². The van der Waals surface area contributed by atoms with Gasteiger partial charge in [0.1, 0.15) is 17.2 Å². The van der Waals surface area contributed by atoms with Crippen LogP contribution in [0.1, 0.15) is 74.7 Å². The summed E-state index contributed by atoms with van der Waals surface area (Å²) in [4.78, 5) is 39.0. The molecule has 0 bridgehead atoms. The van der Waals surface area contributed by atoms with Gasteiger partial charge in [0.25, 0.3) is 0 Å². The Morgan fingerprint density at radius 1 is 1.13 bits per heavy atom. The summed E-state index contributed by atoms with van der Waals surface area (Å²) in [5.41, 5.74) is -1.34. The summed E-state index contributed by atoms with van der Waals surface area (Å²) in [6.45, 7) is 18.8. The van der Waals surface area contributed by atoms with E-state index in [-0.39, 0.29) is 23.8 Å². The van der Waals surface area contributed by atoms with E-state index in [4.69, 9.17) is 9.47 Å². The maximum atomic E-state index is 13.1. The predicted molar refractivity (Wildman–Crippen MR) is 117 cm³/mol. The van der Waals surface area contributed by atoms with Gasteiger partial charge in [-0.2, -0.15) is 0 Å². The molecule has 0 aliphatic carbocycles. The van der Waals surface area contributed by atoms with Gasteiger partial charge in [0.2, 0.25) is 5.91 Å². The lowest BCUT2D eigenvalue weighted by Gasteiger charge is -2.35. The predicted octanol–water partition coefficient (Wildman–Crippen LogP) is 4.06. The second kappa shape index (κ2) is 10.3. The summed E-state index contributed by atoms with van der Waals surface area (Å²) >= 11 is 0. The SMILES string of the molecule is C=C[C@@H]1C[C@H](C(=O)OC(C)(C)C)N(C(=O)OC(C)(C)C)[C@@H]1CC(CC)CNC(C)=O. The zero-order valence-electron chi connectivity index (χ0n) is 19.9. The molecule has 172 valence electrons. The summed E-state index contributed by atoms with van der Waals surface area (Å²) in [6, 6.07) is -0.987. The third-order valence-electron chi connectivity index (χ3n) is 5.06. The average Bonchev–Trinajstić information content (AvgIpc) is 2.93. The largest absolute Gasteiger partial charge is 0.458 e. The van der Waals surface area contributed by atoms with E-state index in [2.05, 4.69) is 11.9 Å². The fourth-order valence-electron chi connectivity index (χ4n) is 3.69. The van der Waals surface area contributed by atoms with Crippen molar-refractivity contribution < 1.29 is 23.9 Å². The van der Waals surface area contributed by atoms with E-state index < -0.39 is 29.3 Å². The Kier molecular flexibility index (Phi) is 8.93. The van der Waals surface area contributed by atoms with Gasteiger partial charge >= 0.3 is 12.1 Å². The number of amides is 2. The molecule has 7 nitrogen and oxygen atoms in total. The van der Waals surface area contributed by atoms with Crippen LogP contribution in [0.25, 0.3) is 0 Å². The monoisotopic (exact) mass is 424 g/mol. The smallest absolute Gasteiger partial charge is 0.411 e. The summed E-state index contributed by atoms with van der Waals surface area (Å²) in [5, 5.41) is 2.86. The number of hydrogen-bond acceptors (Lipinski definition) is 5. The van der Waals surface area contributed by atoms with Crippen LogP contribution in [-0.4, -0.2) is 52.7 Å². The third-order valence-corrected chi connectivity index (χ3v) is 5.06. The lowest BCUT2D eigenvalue weighted by molar-refractivity contribution is -0.160. The second-order valence-electron chi connectivity index (χ2n) is 10.1. The van der Waals surface area contributed by atoms with Crippen molar-refractivity contribution in [2.75, 3.05) is 6.54 Å². The van der Waals surface area contributed by atoms with Gasteiger partial charge in [-0.3, -0.25) is 9.69 Å². The average molecular weight is 425 g/mol. The minimum atomic E-state index is -0.731. The van der Waals surface area contributed by atoms with Crippen LogP contribution in [0.2, 0.25) is 0 Å². The Labute approximate surface area is 181 Å². The first-order chi connectivity index (χ1) is 13.7. The van der Waals surface area contributed by atoms with E-state index in [1.54, 1.807) is 52.5 Å². The van der Waals surface area contributed by atoms with Gasteiger partial charge in [-0.25, -0.2) is 9.59 Å². The van der Waals surface area contributed by atoms with E-state index in [9.17, 15) is 14.4 Å². The molecule has 1 aliphatic heterocycles. The number of carbonyl (C=O) groups excluding carboxylic acids is 3. The molecule has 30 heavy (non-hydrogen) atoms. The van der Waals surface area contributed by atoms with Crippen LogP contribution in [0.3, 0.4) is 0 Å². The maximum absolute atomic E-state index is 13.1. The first-order valence-electron chi connectivity index (χ1n) is 10.8. The topological polar surface area (TPSA) is 84.9 Å². The zero-order valence-corrected chi connectivity index (χ0v) is 19.9. The van der Waals surface area contributed by atoms with Gasteiger partial charge in [-0.15, -0.1) is 6.58 Å². The highest BCUT2D eigenvalue weighted by Crippen LogP contribution is 2.37. The summed E-state index contributed by atoms with van der Waals surface area (Å²) in [6.07, 6.45) is 3.18. The van der Waals surface area contributed by atoms with Gasteiger partial charge in [0.15, 0.2) is 0 Å². The van der Waals surface area contributed by atoms with Crippen LogP contribution in [0, 0.1) is 11.8 Å². The highest BCUT2D eigenvalue weighted by atomic mass is 16.6. The Hall–Kier alpha value is -2.05. The number of hydrogen-bond donors (Lipinski definition) is 1. The normalized spacial score (nSPS) is 22.9. The van der Waals surface area contributed by atoms with E-state index in [0.29, 0.717) is 19.4 Å². The summed E-state index contributed by atoms with van der Waals surface area (Å²) in [7, 11) is 0. The van der Waals surface area contributed by atoms with Gasteiger partial charge in [-0.1, -0.05) is 19.4 Å². The molecule has 1 aliphatic rings. The quantitative estimate of drug-likeness (QED) is 0.492. The van der Waals surface area contributed by atoms with Crippen LogP contribution < -0.4 is 5.32 Å². The molecule has 0 saturated carbocycles. The standard InChI is InChI=1S/C23H40N2O5/c1-10-16(14-24-15(3)26)12-18-17(11-2)13-19(20(27)29-22(4,5)6)25(18)21(28)30-23(7,8)9/h11,16-19H,2,10,12-14H2,1,3-9H3,(H,24,26)/t16?,17-,18-,19-/m1/s1. The number of rotatable bonds is 7. The molecule has 0 aromatic rings. The van der Waals surface area contributed by atoms with Crippen molar-refractivity contribution in [1.29, 1.82) is 0 Å². The fourth-order valence-corrected chi connectivity index (χ4v) is 3.69. The molecule has 1 rings (SSSR count). The van der Waals surface area contributed by atoms with Gasteiger partial charge in [0.05, 0.1) is 0 Å². The molecular formula is C23H40N2O5. The first kappa shape index (κ1) is 26.0. The first-order valence-corrected chi connectivity index (χ1v) is 10.8. The lowest BCUT2D eigenvalue weighted by atomic mass is 9.89. The number of nitrogens with one attached hydrogen (secondary N) is 1. The Bertz CT molecular complexity index is 632. The van der Waals surface area contributed by atoms with Crippen LogP contribution in [-0.2, 0) is 19.1 Å². The number of ether oxygens (including phenoxy) is 2. The fraction of sp³-hybridized carbons (Fsp3) is 0.783. The van der Waals surface area contributed by atoms with Gasteiger partial charge < -0.3 is 14.8 Å². The Morgan fingerprint density at radius 2 is 1.70 bits per heavy atom. The minimum Gasteiger partial charge on any atom is -0.458 e. The number of carbonyl (C=O) groups is 3. The van der Waals surface area contributed by atoms with Gasteiger partial charge in [0, 0.05) is 19.5 Å². The molecule has 1 N–H and O–H groups in total.